The molecule has 0 bridgehead atoms. The van der Waals surface area contributed by atoms with Crippen molar-refractivity contribution in [3.05, 3.63) is 0 Å². The fourth-order valence-corrected chi connectivity index (χ4v) is 5.13. The Bertz CT molecular complexity index is 522. The van der Waals surface area contributed by atoms with Crippen molar-refractivity contribution < 1.29 is 13.2 Å². The second kappa shape index (κ2) is 7.09. The van der Waals surface area contributed by atoms with Crippen LogP contribution in [0.4, 0.5) is 0 Å². The van der Waals surface area contributed by atoms with Crippen molar-refractivity contribution >= 4 is 15.9 Å². The SMILES string of the molecule is CCC(C)(C)C1CCC(NC(=O)[C@H]2CCCN2S(C)(=O)=O)CC1. The van der Waals surface area contributed by atoms with Gasteiger partial charge in [0.1, 0.15) is 6.04 Å². The van der Waals surface area contributed by atoms with Crippen LogP contribution in [0.3, 0.4) is 0 Å². The van der Waals surface area contributed by atoms with E-state index in [1.54, 1.807) is 0 Å². The van der Waals surface area contributed by atoms with Gasteiger partial charge < -0.3 is 5.32 Å². The first-order valence-corrected chi connectivity index (χ1v) is 10.8. The molecule has 0 aromatic rings. The Morgan fingerprint density at radius 1 is 1.17 bits per heavy atom. The smallest absolute Gasteiger partial charge is 0.238 e. The molecule has 23 heavy (non-hydrogen) atoms. The monoisotopic (exact) mass is 344 g/mol. The van der Waals surface area contributed by atoms with E-state index in [1.807, 2.05) is 0 Å². The zero-order valence-corrected chi connectivity index (χ0v) is 15.8. The van der Waals surface area contributed by atoms with Crippen LogP contribution < -0.4 is 5.32 Å². The van der Waals surface area contributed by atoms with Crippen molar-refractivity contribution in [3.8, 4) is 0 Å². The number of nitrogens with one attached hydrogen (secondary N) is 1. The van der Waals surface area contributed by atoms with Crippen molar-refractivity contribution in [2.24, 2.45) is 11.3 Å². The summed E-state index contributed by atoms with van der Waals surface area (Å²) in [5.74, 6) is 0.616. The Kier molecular flexibility index (Phi) is 5.77. The molecule has 0 aromatic heterocycles. The first-order valence-electron chi connectivity index (χ1n) is 8.92. The molecule has 0 unspecified atom stereocenters. The van der Waals surface area contributed by atoms with E-state index in [0.29, 0.717) is 18.4 Å². The van der Waals surface area contributed by atoms with E-state index in [-0.39, 0.29) is 11.9 Å². The van der Waals surface area contributed by atoms with Crippen LogP contribution in [0.15, 0.2) is 0 Å². The summed E-state index contributed by atoms with van der Waals surface area (Å²) in [6.45, 7) is 7.38. The Hall–Kier alpha value is -0.620. The minimum Gasteiger partial charge on any atom is -0.352 e. The predicted octanol–water partition coefficient (Wildman–Crippen LogP) is 2.52. The fraction of sp³-hybridized carbons (Fsp3) is 0.941. The highest BCUT2D eigenvalue weighted by atomic mass is 32.2. The van der Waals surface area contributed by atoms with Gasteiger partial charge in [-0.15, -0.1) is 0 Å². The lowest BCUT2D eigenvalue weighted by Crippen LogP contribution is -2.49. The molecule has 1 N–H and O–H groups in total. The summed E-state index contributed by atoms with van der Waals surface area (Å²) in [6.07, 6.45) is 8.08. The Morgan fingerprint density at radius 3 is 2.30 bits per heavy atom. The summed E-state index contributed by atoms with van der Waals surface area (Å²) in [5.41, 5.74) is 0.369. The molecule has 1 atom stereocenters. The van der Waals surface area contributed by atoms with Gasteiger partial charge in [-0.05, 0) is 49.9 Å². The van der Waals surface area contributed by atoms with E-state index in [4.69, 9.17) is 0 Å². The molecule has 1 heterocycles. The van der Waals surface area contributed by atoms with Crippen LogP contribution in [0.2, 0.25) is 0 Å². The van der Waals surface area contributed by atoms with Gasteiger partial charge in [-0.3, -0.25) is 4.79 Å². The molecular formula is C17H32N2O3S. The van der Waals surface area contributed by atoms with Gasteiger partial charge in [-0.25, -0.2) is 8.42 Å². The topological polar surface area (TPSA) is 66.5 Å². The molecule has 2 fully saturated rings. The average Bonchev–Trinajstić information content (AvgIpc) is 2.97. The van der Waals surface area contributed by atoms with Crippen LogP contribution in [0.1, 0.15) is 65.7 Å². The number of sulfonamides is 1. The van der Waals surface area contributed by atoms with E-state index in [9.17, 15) is 13.2 Å². The van der Waals surface area contributed by atoms with Crippen LogP contribution >= 0.6 is 0 Å². The van der Waals surface area contributed by atoms with Gasteiger partial charge in [-0.1, -0.05) is 27.2 Å². The lowest BCUT2D eigenvalue weighted by Gasteiger charge is -2.39. The van der Waals surface area contributed by atoms with E-state index in [0.717, 1.165) is 38.0 Å². The summed E-state index contributed by atoms with van der Waals surface area (Å²) in [5, 5.41) is 3.11. The highest BCUT2D eigenvalue weighted by molar-refractivity contribution is 7.88. The molecule has 5 nitrogen and oxygen atoms in total. The molecule has 6 heteroatoms. The Balaban J connectivity index is 1.88. The first-order chi connectivity index (χ1) is 10.6. The average molecular weight is 345 g/mol. The Morgan fingerprint density at radius 2 is 1.78 bits per heavy atom. The maximum Gasteiger partial charge on any atom is 0.238 e. The molecule has 1 amide bonds. The minimum absolute atomic E-state index is 0.105. The first kappa shape index (κ1) is 18.7. The van der Waals surface area contributed by atoms with E-state index >= 15 is 0 Å². The summed E-state index contributed by atoms with van der Waals surface area (Å²) in [4.78, 5) is 12.5. The molecule has 134 valence electrons. The predicted molar refractivity (Wildman–Crippen MR) is 92.5 cm³/mol. The molecule has 1 saturated carbocycles. The molecule has 0 radical (unpaired) electrons. The maximum absolute atomic E-state index is 12.5. The zero-order valence-electron chi connectivity index (χ0n) is 15.0. The van der Waals surface area contributed by atoms with Crippen LogP contribution in [-0.4, -0.2) is 43.5 Å². The normalized spacial score (nSPS) is 30.3. The standard InChI is InChI=1S/C17H32N2O3S/c1-5-17(2,3)13-8-10-14(11-9-13)18-16(20)15-7-6-12-19(15)23(4,21)22/h13-15H,5-12H2,1-4H3,(H,18,20)/t13?,14?,15-/m1/s1. The molecule has 1 aliphatic heterocycles. The van der Waals surface area contributed by atoms with Gasteiger partial charge in [0.15, 0.2) is 0 Å². The van der Waals surface area contributed by atoms with Crippen LogP contribution in [0.5, 0.6) is 0 Å². The van der Waals surface area contributed by atoms with E-state index < -0.39 is 16.1 Å². The zero-order chi connectivity index (χ0) is 17.3. The molecule has 0 spiro atoms. The van der Waals surface area contributed by atoms with Crippen molar-refractivity contribution in [1.29, 1.82) is 0 Å². The van der Waals surface area contributed by atoms with Crippen LogP contribution in [-0.2, 0) is 14.8 Å². The van der Waals surface area contributed by atoms with E-state index in [1.165, 1.54) is 17.0 Å². The molecular weight excluding hydrogens is 312 g/mol. The second-order valence-corrected chi connectivity index (χ2v) is 9.87. The minimum atomic E-state index is -3.30. The number of nitrogens with zero attached hydrogens (tertiary/aromatic N) is 1. The maximum atomic E-state index is 12.5. The third-order valence-corrected chi connectivity index (χ3v) is 7.31. The summed E-state index contributed by atoms with van der Waals surface area (Å²) in [6, 6.07) is -0.303. The lowest BCUT2D eigenvalue weighted by atomic mass is 9.69. The highest BCUT2D eigenvalue weighted by Crippen LogP contribution is 2.40. The Labute approximate surface area is 141 Å². The van der Waals surface area contributed by atoms with E-state index in [2.05, 4.69) is 26.1 Å². The van der Waals surface area contributed by atoms with Crippen molar-refractivity contribution in [1.82, 2.24) is 9.62 Å². The summed E-state index contributed by atoms with van der Waals surface area (Å²) in [7, 11) is -3.30. The number of hydrogen-bond acceptors (Lipinski definition) is 3. The van der Waals surface area contributed by atoms with Gasteiger partial charge in [0, 0.05) is 12.6 Å². The number of hydrogen-bond donors (Lipinski definition) is 1. The molecule has 0 aromatic carbocycles. The van der Waals surface area contributed by atoms with Crippen molar-refractivity contribution in [3.63, 3.8) is 0 Å². The van der Waals surface area contributed by atoms with Gasteiger partial charge in [0.25, 0.3) is 0 Å². The van der Waals surface area contributed by atoms with Gasteiger partial charge in [-0.2, -0.15) is 4.31 Å². The third kappa shape index (κ3) is 4.47. The number of carbonyl (C=O) groups excluding carboxylic acids is 1. The van der Waals surface area contributed by atoms with Gasteiger partial charge in [0.2, 0.25) is 15.9 Å². The molecule has 1 saturated heterocycles. The molecule has 2 rings (SSSR count). The van der Waals surface area contributed by atoms with Crippen LogP contribution in [0, 0.1) is 11.3 Å². The molecule has 1 aliphatic carbocycles. The van der Waals surface area contributed by atoms with Gasteiger partial charge >= 0.3 is 0 Å². The number of carbonyl (C=O) groups is 1. The van der Waals surface area contributed by atoms with Crippen molar-refractivity contribution in [2.45, 2.75) is 77.8 Å². The fourth-order valence-electron chi connectivity index (χ4n) is 4.00. The summed E-state index contributed by atoms with van der Waals surface area (Å²) < 4.78 is 24.9. The second-order valence-electron chi connectivity index (χ2n) is 7.93. The van der Waals surface area contributed by atoms with Crippen LogP contribution in [0.25, 0.3) is 0 Å². The highest BCUT2D eigenvalue weighted by Gasteiger charge is 2.38. The number of rotatable bonds is 5. The largest absolute Gasteiger partial charge is 0.352 e. The summed E-state index contributed by atoms with van der Waals surface area (Å²) >= 11 is 0. The lowest BCUT2D eigenvalue weighted by molar-refractivity contribution is -0.125. The third-order valence-electron chi connectivity index (χ3n) is 6.02. The van der Waals surface area contributed by atoms with Crippen molar-refractivity contribution in [2.75, 3.05) is 12.8 Å². The quantitative estimate of drug-likeness (QED) is 0.833. The molecule has 2 aliphatic rings. The number of amides is 1. The van der Waals surface area contributed by atoms with Gasteiger partial charge in [0.05, 0.1) is 6.26 Å².